The molecular formula is C12H16N6O2S. The molecule has 2 aromatic rings. The van der Waals surface area contributed by atoms with Crippen molar-refractivity contribution in [2.24, 2.45) is 0 Å². The maximum Gasteiger partial charge on any atom is 0.265 e. The molecule has 3 rings (SSSR count). The van der Waals surface area contributed by atoms with E-state index >= 15 is 0 Å². The van der Waals surface area contributed by atoms with E-state index in [1.54, 1.807) is 6.92 Å². The zero-order valence-corrected chi connectivity index (χ0v) is 12.4. The molecule has 1 aliphatic rings. The lowest BCUT2D eigenvalue weighted by atomic mass is 10.4. The first-order chi connectivity index (χ1) is 10.1. The number of carbonyl (C=O) groups excluding carboxylic acids is 1. The Kier molecular flexibility index (Phi) is 3.74. The van der Waals surface area contributed by atoms with Gasteiger partial charge in [-0.15, -0.1) is 0 Å². The minimum Gasteiger partial charge on any atom is -0.382 e. The van der Waals surface area contributed by atoms with Gasteiger partial charge in [0.05, 0.1) is 6.54 Å². The number of hydrogen-bond acceptors (Lipinski definition) is 8. The number of anilines is 2. The van der Waals surface area contributed by atoms with Crippen LogP contribution in [0.1, 0.15) is 34.2 Å². The van der Waals surface area contributed by atoms with Gasteiger partial charge in [-0.1, -0.05) is 16.5 Å². The van der Waals surface area contributed by atoms with Crippen LogP contribution in [0.3, 0.4) is 0 Å². The van der Waals surface area contributed by atoms with E-state index in [1.807, 2.05) is 0 Å². The largest absolute Gasteiger partial charge is 0.382 e. The van der Waals surface area contributed by atoms with Crippen molar-refractivity contribution in [1.82, 2.24) is 20.4 Å². The van der Waals surface area contributed by atoms with Crippen LogP contribution < -0.4 is 16.0 Å². The van der Waals surface area contributed by atoms with Gasteiger partial charge < -0.3 is 20.5 Å². The third-order valence-electron chi connectivity index (χ3n) is 3.19. The molecule has 0 saturated carbocycles. The molecule has 1 fully saturated rings. The van der Waals surface area contributed by atoms with Crippen LogP contribution in [0.4, 0.5) is 10.9 Å². The number of nitrogen functional groups attached to an aromatic ring is 1. The van der Waals surface area contributed by atoms with E-state index in [0.29, 0.717) is 16.6 Å². The standard InChI is InChI=1S/C12H16N6O2S/c1-7-15-8(20-17-7)6-14-11(19)9-10(13)16-12(21-9)18-4-2-3-5-18/h2-6,13H2,1H3,(H,14,19). The summed E-state index contributed by atoms with van der Waals surface area (Å²) in [6.07, 6.45) is 2.30. The zero-order chi connectivity index (χ0) is 14.8. The number of nitrogens with one attached hydrogen (secondary N) is 1. The van der Waals surface area contributed by atoms with Gasteiger partial charge in [-0.05, 0) is 19.8 Å². The molecule has 0 atom stereocenters. The van der Waals surface area contributed by atoms with Crippen LogP contribution in [0.25, 0.3) is 0 Å². The number of nitrogens with two attached hydrogens (primary N) is 1. The molecule has 0 aliphatic carbocycles. The van der Waals surface area contributed by atoms with Gasteiger partial charge in [0, 0.05) is 13.1 Å². The summed E-state index contributed by atoms with van der Waals surface area (Å²) in [5.41, 5.74) is 5.84. The van der Waals surface area contributed by atoms with E-state index in [1.165, 1.54) is 11.3 Å². The fourth-order valence-electron chi connectivity index (χ4n) is 2.17. The number of thiazole rings is 1. The molecule has 21 heavy (non-hydrogen) atoms. The van der Waals surface area contributed by atoms with Gasteiger partial charge in [0.2, 0.25) is 5.89 Å². The van der Waals surface area contributed by atoms with Gasteiger partial charge in [-0.2, -0.15) is 4.98 Å². The Morgan fingerprint density at radius 1 is 1.43 bits per heavy atom. The van der Waals surface area contributed by atoms with E-state index in [4.69, 9.17) is 10.3 Å². The average Bonchev–Trinajstić information content (AvgIpc) is 3.16. The maximum atomic E-state index is 12.1. The third-order valence-corrected chi connectivity index (χ3v) is 4.33. The summed E-state index contributed by atoms with van der Waals surface area (Å²) >= 11 is 1.32. The Hall–Kier alpha value is -2.16. The first kappa shape index (κ1) is 13.8. The minimum atomic E-state index is -0.272. The van der Waals surface area contributed by atoms with Gasteiger partial charge in [0.15, 0.2) is 11.0 Å². The Morgan fingerprint density at radius 3 is 2.86 bits per heavy atom. The van der Waals surface area contributed by atoms with Crippen LogP contribution in [-0.2, 0) is 6.54 Å². The summed E-state index contributed by atoms with van der Waals surface area (Å²) in [4.78, 5) is 23.0. The summed E-state index contributed by atoms with van der Waals surface area (Å²) in [6, 6.07) is 0. The summed E-state index contributed by atoms with van der Waals surface area (Å²) in [5.74, 6) is 0.893. The highest BCUT2D eigenvalue weighted by Gasteiger charge is 2.21. The SMILES string of the molecule is Cc1noc(CNC(=O)c2sc(N3CCCC3)nc2N)n1. The molecular weight excluding hydrogens is 292 g/mol. The number of aryl methyl sites for hydroxylation is 1. The zero-order valence-electron chi connectivity index (χ0n) is 11.6. The first-order valence-electron chi connectivity index (χ1n) is 6.72. The molecule has 0 radical (unpaired) electrons. The number of carbonyl (C=O) groups is 1. The Morgan fingerprint density at radius 2 is 2.19 bits per heavy atom. The predicted octanol–water partition coefficient (Wildman–Crippen LogP) is 0.947. The van der Waals surface area contributed by atoms with Crippen molar-refractivity contribution in [1.29, 1.82) is 0 Å². The van der Waals surface area contributed by atoms with Crippen molar-refractivity contribution < 1.29 is 9.32 Å². The Labute approximate surface area is 125 Å². The summed E-state index contributed by atoms with van der Waals surface area (Å²) in [7, 11) is 0. The van der Waals surface area contributed by atoms with Crippen molar-refractivity contribution in [2.75, 3.05) is 23.7 Å². The summed E-state index contributed by atoms with van der Waals surface area (Å²) < 4.78 is 4.94. The van der Waals surface area contributed by atoms with Crippen LogP contribution in [0.5, 0.6) is 0 Å². The van der Waals surface area contributed by atoms with E-state index in [9.17, 15) is 4.79 Å². The molecule has 9 heteroatoms. The van der Waals surface area contributed by atoms with E-state index < -0.39 is 0 Å². The molecule has 1 saturated heterocycles. The molecule has 3 N–H and O–H groups in total. The van der Waals surface area contributed by atoms with Crippen LogP contribution >= 0.6 is 11.3 Å². The van der Waals surface area contributed by atoms with Crippen LogP contribution in [-0.4, -0.2) is 34.1 Å². The highest BCUT2D eigenvalue weighted by molar-refractivity contribution is 7.18. The fourth-order valence-corrected chi connectivity index (χ4v) is 3.13. The molecule has 0 bridgehead atoms. The molecule has 1 amide bonds. The number of nitrogens with zero attached hydrogens (tertiary/aromatic N) is 4. The second-order valence-electron chi connectivity index (χ2n) is 4.82. The van der Waals surface area contributed by atoms with Gasteiger partial charge in [-0.3, -0.25) is 4.79 Å². The van der Waals surface area contributed by atoms with Gasteiger partial charge in [0.25, 0.3) is 5.91 Å². The van der Waals surface area contributed by atoms with Crippen LogP contribution in [0.2, 0.25) is 0 Å². The molecule has 0 spiro atoms. The van der Waals surface area contributed by atoms with E-state index in [-0.39, 0.29) is 18.3 Å². The van der Waals surface area contributed by atoms with Crippen molar-refractivity contribution in [3.63, 3.8) is 0 Å². The quantitative estimate of drug-likeness (QED) is 0.865. The fraction of sp³-hybridized carbons (Fsp3) is 0.500. The molecule has 2 aromatic heterocycles. The number of rotatable bonds is 4. The molecule has 3 heterocycles. The smallest absolute Gasteiger partial charge is 0.265 e. The minimum absolute atomic E-state index is 0.177. The normalized spacial score (nSPS) is 14.6. The maximum absolute atomic E-state index is 12.1. The highest BCUT2D eigenvalue weighted by Crippen LogP contribution is 2.30. The number of aromatic nitrogens is 3. The van der Waals surface area contributed by atoms with Crippen LogP contribution in [0, 0.1) is 6.92 Å². The molecule has 112 valence electrons. The topological polar surface area (TPSA) is 110 Å². The van der Waals surface area contributed by atoms with Gasteiger partial charge >= 0.3 is 0 Å². The Balaban J connectivity index is 1.66. The van der Waals surface area contributed by atoms with Crippen molar-refractivity contribution in [2.45, 2.75) is 26.3 Å². The van der Waals surface area contributed by atoms with E-state index in [2.05, 4.69) is 25.3 Å². The predicted molar refractivity (Wildman–Crippen MR) is 78.2 cm³/mol. The van der Waals surface area contributed by atoms with Gasteiger partial charge in [-0.25, -0.2) is 4.98 Å². The molecule has 0 unspecified atom stereocenters. The monoisotopic (exact) mass is 308 g/mol. The number of amides is 1. The highest BCUT2D eigenvalue weighted by atomic mass is 32.1. The number of hydrogen-bond donors (Lipinski definition) is 2. The van der Waals surface area contributed by atoms with Gasteiger partial charge in [0.1, 0.15) is 10.7 Å². The van der Waals surface area contributed by atoms with Crippen molar-refractivity contribution in [3.8, 4) is 0 Å². The second-order valence-corrected chi connectivity index (χ2v) is 5.80. The van der Waals surface area contributed by atoms with Crippen molar-refractivity contribution in [3.05, 3.63) is 16.6 Å². The summed E-state index contributed by atoms with van der Waals surface area (Å²) in [5, 5.41) is 7.18. The average molecular weight is 308 g/mol. The molecule has 0 aromatic carbocycles. The lowest BCUT2D eigenvalue weighted by Crippen LogP contribution is -2.22. The van der Waals surface area contributed by atoms with Crippen LogP contribution in [0.15, 0.2) is 4.52 Å². The second kappa shape index (κ2) is 5.68. The first-order valence-corrected chi connectivity index (χ1v) is 7.54. The lowest BCUT2D eigenvalue weighted by Gasteiger charge is -2.11. The Bertz CT molecular complexity index is 646. The third kappa shape index (κ3) is 2.97. The van der Waals surface area contributed by atoms with E-state index in [0.717, 1.165) is 31.1 Å². The molecule has 8 nitrogen and oxygen atoms in total. The summed E-state index contributed by atoms with van der Waals surface area (Å²) in [6.45, 7) is 3.83. The van der Waals surface area contributed by atoms with Crippen molar-refractivity contribution >= 4 is 28.2 Å². The lowest BCUT2D eigenvalue weighted by molar-refractivity contribution is 0.0951. The molecule has 1 aliphatic heterocycles.